The first kappa shape index (κ1) is 14.2. The number of rotatable bonds is 7. The molecule has 3 heteroatoms. The van der Waals surface area contributed by atoms with Gasteiger partial charge in [-0.15, -0.1) is 0 Å². The zero-order valence-electron chi connectivity index (χ0n) is 11.1. The molecule has 0 saturated carbocycles. The third kappa shape index (κ3) is 5.82. The maximum atomic E-state index is 5.56. The van der Waals surface area contributed by atoms with Crippen LogP contribution in [0.1, 0.15) is 31.4 Å². The Morgan fingerprint density at radius 2 is 2.12 bits per heavy atom. The van der Waals surface area contributed by atoms with Crippen LogP contribution in [0.2, 0.25) is 0 Å². The lowest BCUT2D eigenvalue weighted by Crippen LogP contribution is -2.39. The van der Waals surface area contributed by atoms with Gasteiger partial charge in [-0.3, -0.25) is 11.3 Å². The van der Waals surface area contributed by atoms with E-state index in [9.17, 15) is 0 Å². The van der Waals surface area contributed by atoms with Crippen molar-refractivity contribution >= 4 is 0 Å². The van der Waals surface area contributed by atoms with Crippen molar-refractivity contribution in [2.24, 2.45) is 5.84 Å². The second-order valence-corrected chi connectivity index (χ2v) is 4.77. The monoisotopic (exact) mass is 236 g/mol. The summed E-state index contributed by atoms with van der Waals surface area (Å²) < 4.78 is 5.56. The van der Waals surface area contributed by atoms with Crippen LogP contribution >= 0.6 is 0 Å². The van der Waals surface area contributed by atoms with Gasteiger partial charge >= 0.3 is 0 Å². The number of nitrogens with one attached hydrogen (secondary N) is 1. The summed E-state index contributed by atoms with van der Waals surface area (Å²) >= 11 is 0. The lowest BCUT2D eigenvalue weighted by atomic mass is 10.0. The fourth-order valence-corrected chi connectivity index (χ4v) is 1.73. The first-order valence-corrected chi connectivity index (χ1v) is 6.25. The highest BCUT2D eigenvalue weighted by Gasteiger charge is 2.08. The predicted molar refractivity (Wildman–Crippen MR) is 71.7 cm³/mol. The van der Waals surface area contributed by atoms with Gasteiger partial charge in [0, 0.05) is 6.04 Å². The molecule has 0 fully saturated rings. The topological polar surface area (TPSA) is 47.3 Å². The number of aryl methyl sites for hydroxylation is 2. The fourth-order valence-electron chi connectivity index (χ4n) is 1.73. The van der Waals surface area contributed by atoms with E-state index in [0.717, 1.165) is 12.8 Å². The van der Waals surface area contributed by atoms with Crippen molar-refractivity contribution in [2.45, 2.75) is 45.8 Å². The van der Waals surface area contributed by atoms with Crippen LogP contribution in [0, 0.1) is 6.92 Å². The molecule has 1 atom stereocenters. The summed E-state index contributed by atoms with van der Waals surface area (Å²) in [5.74, 6) is 5.52. The minimum atomic E-state index is 0.220. The summed E-state index contributed by atoms with van der Waals surface area (Å²) in [6.07, 6.45) is 2.27. The summed E-state index contributed by atoms with van der Waals surface area (Å²) in [4.78, 5) is 0. The molecule has 0 spiro atoms. The van der Waals surface area contributed by atoms with E-state index in [1.54, 1.807) is 0 Å². The summed E-state index contributed by atoms with van der Waals surface area (Å²) in [7, 11) is 0. The van der Waals surface area contributed by atoms with Gasteiger partial charge in [0.1, 0.15) is 0 Å². The second-order valence-electron chi connectivity index (χ2n) is 4.77. The van der Waals surface area contributed by atoms with E-state index in [2.05, 4.69) is 36.6 Å². The van der Waals surface area contributed by atoms with E-state index < -0.39 is 0 Å². The van der Waals surface area contributed by atoms with Crippen molar-refractivity contribution in [3.63, 3.8) is 0 Å². The lowest BCUT2D eigenvalue weighted by Gasteiger charge is -2.17. The second kappa shape index (κ2) is 7.43. The molecule has 0 bridgehead atoms. The number of hydrogen-bond donors (Lipinski definition) is 2. The highest BCUT2D eigenvalue weighted by molar-refractivity contribution is 5.22. The van der Waals surface area contributed by atoms with Gasteiger partial charge in [-0.05, 0) is 39.2 Å². The molecule has 0 saturated heterocycles. The Labute approximate surface area is 104 Å². The Bertz CT molecular complexity index is 326. The van der Waals surface area contributed by atoms with Crippen LogP contribution in [0.4, 0.5) is 0 Å². The molecular formula is C14H24N2O. The van der Waals surface area contributed by atoms with Crippen molar-refractivity contribution in [3.8, 4) is 0 Å². The Morgan fingerprint density at radius 3 is 2.71 bits per heavy atom. The van der Waals surface area contributed by atoms with E-state index >= 15 is 0 Å². The lowest BCUT2D eigenvalue weighted by molar-refractivity contribution is 0.0596. The molecule has 0 aliphatic heterocycles. The number of benzene rings is 1. The molecule has 0 heterocycles. The van der Waals surface area contributed by atoms with E-state index in [4.69, 9.17) is 10.6 Å². The molecule has 3 nitrogen and oxygen atoms in total. The van der Waals surface area contributed by atoms with Gasteiger partial charge in [-0.25, -0.2) is 0 Å². The van der Waals surface area contributed by atoms with E-state index in [1.165, 1.54) is 11.1 Å². The molecule has 0 aliphatic carbocycles. The minimum Gasteiger partial charge on any atom is -0.377 e. The van der Waals surface area contributed by atoms with Crippen LogP contribution < -0.4 is 11.3 Å². The smallest absolute Gasteiger partial charge is 0.0636 e. The maximum absolute atomic E-state index is 5.56. The highest BCUT2D eigenvalue weighted by atomic mass is 16.5. The standard InChI is InChI=1S/C14H24N2O/c1-11(2)17-10-14(16-15)8-7-13-6-4-5-12(3)9-13/h4-6,9,11,14,16H,7-8,10,15H2,1-3H3. The average Bonchev–Trinajstić information content (AvgIpc) is 2.29. The van der Waals surface area contributed by atoms with E-state index in [-0.39, 0.29) is 12.1 Å². The fraction of sp³-hybridized carbons (Fsp3) is 0.571. The third-order valence-corrected chi connectivity index (χ3v) is 2.73. The first-order valence-electron chi connectivity index (χ1n) is 6.25. The van der Waals surface area contributed by atoms with Gasteiger partial charge in [0.25, 0.3) is 0 Å². The molecule has 0 radical (unpaired) electrons. The van der Waals surface area contributed by atoms with Crippen LogP contribution in [0.15, 0.2) is 24.3 Å². The van der Waals surface area contributed by atoms with Crippen LogP contribution in [0.5, 0.6) is 0 Å². The molecule has 0 aliphatic rings. The average molecular weight is 236 g/mol. The van der Waals surface area contributed by atoms with Crippen LogP contribution in [-0.4, -0.2) is 18.8 Å². The number of nitrogens with two attached hydrogens (primary N) is 1. The largest absolute Gasteiger partial charge is 0.377 e. The predicted octanol–water partition coefficient (Wildman–Crippen LogP) is 2.18. The van der Waals surface area contributed by atoms with Gasteiger partial charge in [-0.1, -0.05) is 29.8 Å². The van der Waals surface area contributed by atoms with Gasteiger partial charge in [0.2, 0.25) is 0 Å². The molecule has 1 aromatic carbocycles. The minimum absolute atomic E-state index is 0.220. The van der Waals surface area contributed by atoms with Gasteiger partial charge in [-0.2, -0.15) is 0 Å². The highest BCUT2D eigenvalue weighted by Crippen LogP contribution is 2.08. The molecule has 96 valence electrons. The van der Waals surface area contributed by atoms with Gasteiger partial charge in [0.15, 0.2) is 0 Å². The zero-order valence-corrected chi connectivity index (χ0v) is 11.1. The molecule has 0 amide bonds. The van der Waals surface area contributed by atoms with Gasteiger partial charge in [0.05, 0.1) is 12.7 Å². The van der Waals surface area contributed by atoms with E-state index in [0.29, 0.717) is 6.61 Å². The van der Waals surface area contributed by atoms with Crippen LogP contribution in [0.25, 0.3) is 0 Å². The third-order valence-electron chi connectivity index (χ3n) is 2.73. The summed E-state index contributed by atoms with van der Waals surface area (Å²) in [5.41, 5.74) is 5.48. The number of hydrazine groups is 1. The van der Waals surface area contributed by atoms with Crippen LogP contribution in [-0.2, 0) is 11.2 Å². The molecule has 1 rings (SSSR count). The first-order chi connectivity index (χ1) is 8.11. The normalized spacial score (nSPS) is 13.0. The maximum Gasteiger partial charge on any atom is 0.0636 e. The molecule has 17 heavy (non-hydrogen) atoms. The van der Waals surface area contributed by atoms with Crippen molar-refractivity contribution in [1.29, 1.82) is 0 Å². The Morgan fingerprint density at radius 1 is 1.35 bits per heavy atom. The molecular weight excluding hydrogens is 212 g/mol. The van der Waals surface area contributed by atoms with Crippen LogP contribution in [0.3, 0.4) is 0 Å². The Balaban J connectivity index is 2.37. The Kier molecular flexibility index (Phi) is 6.19. The SMILES string of the molecule is Cc1cccc(CCC(COC(C)C)NN)c1. The Hall–Kier alpha value is -0.900. The summed E-state index contributed by atoms with van der Waals surface area (Å²) in [6.45, 7) is 6.85. The van der Waals surface area contributed by atoms with Crippen molar-refractivity contribution in [2.75, 3.05) is 6.61 Å². The number of ether oxygens (including phenoxy) is 1. The zero-order chi connectivity index (χ0) is 12.7. The molecule has 1 aromatic rings. The molecule has 1 unspecified atom stereocenters. The van der Waals surface area contributed by atoms with Crippen molar-refractivity contribution < 1.29 is 4.74 Å². The van der Waals surface area contributed by atoms with Crippen molar-refractivity contribution in [3.05, 3.63) is 35.4 Å². The van der Waals surface area contributed by atoms with E-state index in [1.807, 2.05) is 13.8 Å². The quantitative estimate of drug-likeness (QED) is 0.563. The summed E-state index contributed by atoms with van der Waals surface area (Å²) in [5, 5.41) is 0. The van der Waals surface area contributed by atoms with Crippen molar-refractivity contribution in [1.82, 2.24) is 5.43 Å². The molecule has 3 N–H and O–H groups in total. The molecule has 0 aromatic heterocycles. The summed E-state index contributed by atoms with van der Waals surface area (Å²) in [6, 6.07) is 8.81. The number of hydrogen-bond acceptors (Lipinski definition) is 3. The van der Waals surface area contributed by atoms with Gasteiger partial charge < -0.3 is 4.74 Å².